The Balaban J connectivity index is 2.03. The van der Waals surface area contributed by atoms with Crippen molar-refractivity contribution >= 4 is 27.5 Å². The summed E-state index contributed by atoms with van der Waals surface area (Å²) < 4.78 is 48.1. The first-order valence-corrected chi connectivity index (χ1v) is 13.5. The lowest BCUT2D eigenvalue weighted by Crippen LogP contribution is -2.52. The lowest BCUT2D eigenvalue weighted by Gasteiger charge is -2.32. The van der Waals surface area contributed by atoms with Gasteiger partial charge in [0.2, 0.25) is 11.8 Å². The first kappa shape index (κ1) is 28.6. The van der Waals surface area contributed by atoms with Crippen molar-refractivity contribution in [3.63, 3.8) is 0 Å². The van der Waals surface area contributed by atoms with Crippen molar-refractivity contribution in [3.05, 3.63) is 90.2 Å². The average molecular weight is 542 g/mol. The fraction of sp³-hybridized carbons (Fsp3) is 0.286. The SMILES string of the molecule is COc1ccc(N(CC(=O)N(Cc2ccccc2F)[C@@H](C)C(=O)NC(C)C)S(=O)(=O)c2ccccc2)cc1. The van der Waals surface area contributed by atoms with E-state index < -0.39 is 40.2 Å². The summed E-state index contributed by atoms with van der Waals surface area (Å²) in [4.78, 5) is 27.8. The molecular weight excluding hydrogens is 509 g/mol. The van der Waals surface area contributed by atoms with E-state index in [0.29, 0.717) is 5.75 Å². The van der Waals surface area contributed by atoms with Crippen molar-refractivity contribution in [1.82, 2.24) is 10.2 Å². The Labute approximate surface area is 223 Å². The Morgan fingerprint density at radius 2 is 1.53 bits per heavy atom. The Bertz CT molecular complexity index is 1350. The number of hydrogen-bond donors (Lipinski definition) is 1. The van der Waals surface area contributed by atoms with E-state index in [-0.39, 0.29) is 28.7 Å². The number of rotatable bonds is 11. The molecule has 0 unspecified atom stereocenters. The average Bonchev–Trinajstić information content (AvgIpc) is 2.91. The maximum Gasteiger partial charge on any atom is 0.264 e. The molecule has 0 heterocycles. The molecule has 0 radical (unpaired) electrons. The molecule has 8 nitrogen and oxygen atoms in total. The largest absolute Gasteiger partial charge is 0.497 e. The maximum atomic E-state index is 14.5. The van der Waals surface area contributed by atoms with Gasteiger partial charge in [0.05, 0.1) is 17.7 Å². The summed E-state index contributed by atoms with van der Waals surface area (Å²) in [5.41, 5.74) is 0.431. The van der Waals surface area contributed by atoms with Gasteiger partial charge in [-0.2, -0.15) is 0 Å². The third-order valence-electron chi connectivity index (χ3n) is 5.87. The molecule has 0 aliphatic heterocycles. The summed E-state index contributed by atoms with van der Waals surface area (Å²) in [5, 5.41) is 2.76. The minimum atomic E-state index is -4.18. The van der Waals surface area contributed by atoms with Crippen LogP contribution in [-0.2, 0) is 26.2 Å². The number of benzene rings is 3. The van der Waals surface area contributed by atoms with Gasteiger partial charge in [-0.15, -0.1) is 0 Å². The highest BCUT2D eigenvalue weighted by Crippen LogP contribution is 2.26. The number of ether oxygens (including phenoxy) is 1. The monoisotopic (exact) mass is 541 g/mol. The highest BCUT2D eigenvalue weighted by Gasteiger charge is 2.33. The molecule has 3 aromatic carbocycles. The summed E-state index contributed by atoms with van der Waals surface area (Å²) in [6, 6.07) is 18.7. The van der Waals surface area contributed by atoms with Crippen molar-refractivity contribution in [3.8, 4) is 5.75 Å². The molecule has 0 saturated carbocycles. The van der Waals surface area contributed by atoms with E-state index in [0.717, 1.165) is 4.31 Å². The molecule has 1 atom stereocenters. The quantitative estimate of drug-likeness (QED) is 0.396. The molecule has 0 spiro atoms. The van der Waals surface area contributed by atoms with Crippen LogP contribution >= 0.6 is 0 Å². The van der Waals surface area contributed by atoms with Crippen LogP contribution in [0.1, 0.15) is 26.3 Å². The van der Waals surface area contributed by atoms with E-state index in [1.165, 1.54) is 61.4 Å². The second-order valence-corrected chi connectivity index (χ2v) is 10.8. The van der Waals surface area contributed by atoms with Crippen molar-refractivity contribution in [2.75, 3.05) is 18.0 Å². The molecule has 10 heteroatoms. The number of halogens is 1. The van der Waals surface area contributed by atoms with Crippen molar-refractivity contribution in [2.24, 2.45) is 0 Å². The van der Waals surface area contributed by atoms with Crippen LogP contribution in [0.3, 0.4) is 0 Å². The number of hydrogen-bond acceptors (Lipinski definition) is 5. The topological polar surface area (TPSA) is 96.0 Å². The summed E-state index contributed by atoms with van der Waals surface area (Å²) in [6.07, 6.45) is 0. The second kappa shape index (κ2) is 12.6. The van der Waals surface area contributed by atoms with E-state index in [4.69, 9.17) is 4.74 Å². The van der Waals surface area contributed by atoms with E-state index >= 15 is 0 Å². The molecule has 3 aromatic rings. The molecule has 0 bridgehead atoms. The minimum absolute atomic E-state index is 0.00475. The van der Waals surface area contributed by atoms with Gasteiger partial charge in [0.1, 0.15) is 24.2 Å². The number of amides is 2. The van der Waals surface area contributed by atoms with Crippen molar-refractivity contribution < 1.29 is 27.1 Å². The molecule has 3 rings (SSSR count). The first-order chi connectivity index (χ1) is 18.0. The number of nitrogens with zero attached hydrogens (tertiary/aromatic N) is 2. The number of methoxy groups -OCH3 is 1. The Morgan fingerprint density at radius 3 is 2.11 bits per heavy atom. The predicted octanol–water partition coefficient (Wildman–Crippen LogP) is 3.97. The number of nitrogens with one attached hydrogen (secondary N) is 1. The number of carbonyl (C=O) groups excluding carboxylic acids is 2. The van der Waals surface area contributed by atoms with Gasteiger partial charge in [-0.1, -0.05) is 36.4 Å². The lowest BCUT2D eigenvalue weighted by molar-refractivity contribution is -0.139. The lowest BCUT2D eigenvalue weighted by atomic mass is 10.1. The third-order valence-corrected chi connectivity index (χ3v) is 7.66. The van der Waals surface area contributed by atoms with Gasteiger partial charge in [0.25, 0.3) is 10.0 Å². The van der Waals surface area contributed by atoms with Gasteiger partial charge in [0.15, 0.2) is 0 Å². The summed E-state index contributed by atoms with van der Waals surface area (Å²) in [5.74, 6) is -1.13. The first-order valence-electron chi connectivity index (χ1n) is 12.1. The molecule has 0 fully saturated rings. The van der Waals surface area contributed by atoms with Gasteiger partial charge in [-0.3, -0.25) is 13.9 Å². The van der Waals surface area contributed by atoms with Crippen LogP contribution in [0.25, 0.3) is 0 Å². The summed E-state index contributed by atoms with van der Waals surface area (Å²) in [7, 11) is -2.69. The molecule has 0 aliphatic carbocycles. The van der Waals surface area contributed by atoms with E-state index in [9.17, 15) is 22.4 Å². The van der Waals surface area contributed by atoms with Gasteiger partial charge in [0, 0.05) is 18.2 Å². The summed E-state index contributed by atoms with van der Waals surface area (Å²) >= 11 is 0. The molecule has 0 aromatic heterocycles. The zero-order chi connectivity index (χ0) is 27.9. The second-order valence-electron chi connectivity index (χ2n) is 8.98. The van der Waals surface area contributed by atoms with Crippen LogP contribution in [0, 0.1) is 5.82 Å². The van der Waals surface area contributed by atoms with Crippen LogP contribution in [0.4, 0.5) is 10.1 Å². The highest BCUT2D eigenvalue weighted by atomic mass is 32.2. The fourth-order valence-electron chi connectivity index (χ4n) is 3.79. The Morgan fingerprint density at radius 1 is 0.921 bits per heavy atom. The van der Waals surface area contributed by atoms with Crippen molar-refractivity contribution in [2.45, 2.75) is 44.3 Å². The van der Waals surface area contributed by atoms with Crippen LogP contribution < -0.4 is 14.4 Å². The Kier molecular flexibility index (Phi) is 9.46. The van der Waals surface area contributed by atoms with E-state index in [1.807, 2.05) is 0 Å². The molecule has 0 aliphatic rings. The van der Waals surface area contributed by atoms with Gasteiger partial charge < -0.3 is 15.0 Å². The normalized spacial score (nSPS) is 12.1. The van der Waals surface area contributed by atoms with Crippen LogP contribution in [0.15, 0.2) is 83.8 Å². The molecule has 1 N–H and O–H groups in total. The van der Waals surface area contributed by atoms with Crippen LogP contribution in [0.5, 0.6) is 5.75 Å². The number of sulfonamides is 1. The highest BCUT2D eigenvalue weighted by molar-refractivity contribution is 7.92. The molecular formula is C28H32FN3O5S. The van der Waals surface area contributed by atoms with Gasteiger partial charge in [-0.25, -0.2) is 12.8 Å². The van der Waals surface area contributed by atoms with Gasteiger partial charge in [-0.05, 0) is 63.2 Å². The van der Waals surface area contributed by atoms with Crippen LogP contribution in [0.2, 0.25) is 0 Å². The zero-order valence-corrected chi connectivity index (χ0v) is 22.6. The van der Waals surface area contributed by atoms with Crippen LogP contribution in [-0.4, -0.2) is 50.9 Å². The molecule has 2 amide bonds. The van der Waals surface area contributed by atoms with E-state index in [2.05, 4.69) is 5.32 Å². The standard InChI is InChI=1S/C28H32FN3O5S/c1-20(2)30-28(34)21(3)31(18-22-10-8-9-13-26(22)29)27(33)19-32(23-14-16-24(37-4)17-15-23)38(35,36)25-11-6-5-7-12-25/h5-17,20-21H,18-19H2,1-4H3,(H,30,34)/t21-/m0/s1. The molecule has 202 valence electrons. The van der Waals surface area contributed by atoms with Crippen molar-refractivity contribution in [1.29, 1.82) is 0 Å². The van der Waals surface area contributed by atoms with Gasteiger partial charge >= 0.3 is 0 Å². The third kappa shape index (κ3) is 6.89. The molecule has 38 heavy (non-hydrogen) atoms. The number of carbonyl (C=O) groups is 2. The summed E-state index contributed by atoms with van der Waals surface area (Å²) in [6.45, 7) is 4.26. The minimum Gasteiger partial charge on any atom is -0.497 e. The predicted molar refractivity (Wildman–Crippen MR) is 144 cm³/mol. The fourth-order valence-corrected chi connectivity index (χ4v) is 5.23. The zero-order valence-electron chi connectivity index (χ0n) is 21.8. The smallest absolute Gasteiger partial charge is 0.264 e. The Hall–Kier alpha value is -3.92. The van der Waals surface area contributed by atoms with E-state index in [1.54, 1.807) is 50.2 Å². The molecule has 0 saturated heterocycles. The maximum absolute atomic E-state index is 14.5. The number of anilines is 1.